The topological polar surface area (TPSA) is 29.1 Å². The van der Waals surface area contributed by atoms with Gasteiger partial charge in [-0.1, -0.05) is 61.5 Å². The summed E-state index contributed by atoms with van der Waals surface area (Å²) in [6.07, 6.45) is 0.736. The highest BCUT2D eigenvalue weighted by molar-refractivity contribution is 5.79. The first-order valence-electron chi connectivity index (χ1n) is 7.99. The van der Waals surface area contributed by atoms with Crippen molar-refractivity contribution in [3.63, 3.8) is 0 Å². The normalized spacial score (nSPS) is 12.7. The number of nitrogens with one attached hydrogen (secondary N) is 1. The molecule has 1 atom stereocenters. The standard InChI is InChI=1S/C20H24FNO/c1-15(20(2,3)21)19(23)22-14-13-16-9-11-18(12-10-16)17-7-5-4-6-8-17/h4-12,15H,13-14H2,1-3H3,(H,22,23)/t15-/m1/s1. The van der Waals surface area contributed by atoms with Gasteiger partial charge in [0.15, 0.2) is 0 Å². The molecule has 0 aliphatic heterocycles. The lowest BCUT2D eigenvalue weighted by atomic mass is 9.94. The van der Waals surface area contributed by atoms with Crippen LogP contribution in [0, 0.1) is 5.92 Å². The third-order valence-corrected chi connectivity index (χ3v) is 4.20. The maximum absolute atomic E-state index is 13.7. The fraction of sp³-hybridized carbons (Fsp3) is 0.350. The van der Waals surface area contributed by atoms with Crippen molar-refractivity contribution in [2.24, 2.45) is 5.92 Å². The van der Waals surface area contributed by atoms with Crippen LogP contribution in [0.4, 0.5) is 4.39 Å². The van der Waals surface area contributed by atoms with Crippen LogP contribution in [0.1, 0.15) is 26.3 Å². The molecule has 0 bridgehead atoms. The lowest BCUT2D eigenvalue weighted by Gasteiger charge is -2.22. The third kappa shape index (κ3) is 4.92. The highest BCUT2D eigenvalue weighted by Gasteiger charge is 2.30. The quantitative estimate of drug-likeness (QED) is 0.841. The summed E-state index contributed by atoms with van der Waals surface area (Å²) < 4.78 is 13.7. The molecule has 0 unspecified atom stereocenters. The Morgan fingerprint density at radius 2 is 1.61 bits per heavy atom. The van der Waals surface area contributed by atoms with Crippen molar-refractivity contribution >= 4 is 5.91 Å². The molecule has 0 aliphatic rings. The zero-order valence-electron chi connectivity index (χ0n) is 14.0. The average Bonchev–Trinajstić information content (AvgIpc) is 2.54. The Kier molecular flexibility index (Phi) is 5.54. The number of carbonyl (C=O) groups is 1. The van der Waals surface area contributed by atoms with Crippen molar-refractivity contribution in [1.29, 1.82) is 0 Å². The van der Waals surface area contributed by atoms with Crippen molar-refractivity contribution in [1.82, 2.24) is 5.32 Å². The summed E-state index contributed by atoms with van der Waals surface area (Å²) >= 11 is 0. The molecule has 2 aromatic carbocycles. The molecule has 23 heavy (non-hydrogen) atoms. The van der Waals surface area contributed by atoms with Gasteiger partial charge in [-0.3, -0.25) is 4.79 Å². The lowest BCUT2D eigenvalue weighted by Crippen LogP contribution is -2.39. The van der Waals surface area contributed by atoms with E-state index in [0.29, 0.717) is 6.54 Å². The van der Waals surface area contributed by atoms with Gasteiger partial charge in [0.05, 0.1) is 5.92 Å². The van der Waals surface area contributed by atoms with E-state index >= 15 is 0 Å². The molecule has 2 rings (SSSR count). The van der Waals surface area contributed by atoms with Crippen LogP contribution in [0.15, 0.2) is 54.6 Å². The van der Waals surface area contributed by atoms with Gasteiger partial charge in [-0.2, -0.15) is 0 Å². The fourth-order valence-electron chi connectivity index (χ4n) is 2.29. The number of halogens is 1. The zero-order chi connectivity index (χ0) is 16.9. The van der Waals surface area contributed by atoms with Crippen molar-refractivity contribution in [3.05, 3.63) is 60.2 Å². The summed E-state index contributed by atoms with van der Waals surface area (Å²) in [5, 5.41) is 2.80. The fourth-order valence-corrected chi connectivity index (χ4v) is 2.29. The van der Waals surface area contributed by atoms with Gasteiger partial charge in [0.25, 0.3) is 0 Å². The predicted molar refractivity (Wildman–Crippen MR) is 92.9 cm³/mol. The van der Waals surface area contributed by atoms with E-state index in [2.05, 4.69) is 41.7 Å². The van der Waals surface area contributed by atoms with Crippen molar-refractivity contribution in [2.75, 3.05) is 6.54 Å². The van der Waals surface area contributed by atoms with E-state index in [0.717, 1.165) is 12.0 Å². The summed E-state index contributed by atoms with van der Waals surface area (Å²) in [5.74, 6) is -0.888. The van der Waals surface area contributed by atoms with E-state index in [-0.39, 0.29) is 5.91 Å². The molecular formula is C20H24FNO. The van der Waals surface area contributed by atoms with E-state index in [1.165, 1.54) is 25.0 Å². The first-order valence-corrected chi connectivity index (χ1v) is 7.99. The predicted octanol–water partition coefficient (Wildman–Crippen LogP) is 4.40. The number of rotatable bonds is 6. The Morgan fingerprint density at radius 3 is 2.17 bits per heavy atom. The van der Waals surface area contributed by atoms with Crippen LogP contribution in [0.3, 0.4) is 0 Å². The summed E-state index contributed by atoms with van der Waals surface area (Å²) in [4.78, 5) is 11.9. The van der Waals surface area contributed by atoms with Crippen molar-refractivity contribution < 1.29 is 9.18 Å². The second-order valence-electron chi connectivity index (χ2n) is 6.39. The minimum absolute atomic E-state index is 0.238. The molecule has 3 heteroatoms. The van der Waals surface area contributed by atoms with Gasteiger partial charge < -0.3 is 5.32 Å². The molecule has 2 nitrogen and oxygen atoms in total. The number of amides is 1. The summed E-state index contributed by atoms with van der Waals surface area (Å²) in [5.41, 5.74) is 2.01. The molecular weight excluding hydrogens is 289 g/mol. The number of carbonyl (C=O) groups excluding carboxylic acids is 1. The van der Waals surface area contributed by atoms with E-state index in [1.807, 2.05) is 18.2 Å². The highest BCUT2D eigenvalue weighted by atomic mass is 19.1. The van der Waals surface area contributed by atoms with E-state index in [4.69, 9.17) is 0 Å². The van der Waals surface area contributed by atoms with Gasteiger partial charge in [-0.05, 0) is 37.0 Å². The summed E-state index contributed by atoms with van der Waals surface area (Å²) in [6, 6.07) is 18.5. The first kappa shape index (κ1) is 17.2. The zero-order valence-corrected chi connectivity index (χ0v) is 14.0. The summed E-state index contributed by atoms with van der Waals surface area (Å²) in [6.45, 7) is 4.99. The first-order chi connectivity index (χ1) is 10.9. The number of hydrogen-bond acceptors (Lipinski definition) is 1. The third-order valence-electron chi connectivity index (χ3n) is 4.20. The number of hydrogen-bond donors (Lipinski definition) is 1. The molecule has 0 heterocycles. The molecule has 122 valence electrons. The molecule has 0 spiro atoms. The van der Waals surface area contributed by atoms with Crippen LogP contribution in [0.5, 0.6) is 0 Å². The second kappa shape index (κ2) is 7.40. The maximum Gasteiger partial charge on any atom is 0.226 e. The van der Waals surface area contributed by atoms with Crippen LogP contribution in [-0.2, 0) is 11.2 Å². The van der Waals surface area contributed by atoms with Gasteiger partial charge in [0.1, 0.15) is 5.67 Å². The molecule has 0 saturated carbocycles. The summed E-state index contributed by atoms with van der Waals surface area (Å²) in [7, 11) is 0. The molecule has 2 aromatic rings. The Hall–Kier alpha value is -2.16. The molecule has 1 amide bonds. The molecule has 1 N–H and O–H groups in total. The van der Waals surface area contributed by atoms with E-state index in [1.54, 1.807) is 6.92 Å². The van der Waals surface area contributed by atoms with E-state index in [9.17, 15) is 9.18 Å². The van der Waals surface area contributed by atoms with Crippen LogP contribution in [-0.4, -0.2) is 18.1 Å². The lowest BCUT2D eigenvalue weighted by molar-refractivity contribution is -0.128. The SMILES string of the molecule is C[C@H](C(=O)NCCc1ccc(-c2ccccc2)cc1)C(C)(C)F. The Labute approximate surface area is 137 Å². The van der Waals surface area contributed by atoms with Gasteiger partial charge in [-0.25, -0.2) is 4.39 Å². The van der Waals surface area contributed by atoms with Gasteiger partial charge in [0.2, 0.25) is 5.91 Å². The van der Waals surface area contributed by atoms with Gasteiger partial charge in [0, 0.05) is 6.54 Å². The molecule has 0 fully saturated rings. The smallest absolute Gasteiger partial charge is 0.226 e. The molecule has 0 saturated heterocycles. The number of alkyl halides is 1. The minimum atomic E-state index is -1.50. The van der Waals surface area contributed by atoms with Crippen LogP contribution >= 0.6 is 0 Å². The second-order valence-corrected chi connectivity index (χ2v) is 6.39. The van der Waals surface area contributed by atoms with Crippen molar-refractivity contribution in [2.45, 2.75) is 32.9 Å². The monoisotopic (exact) mass is 313 g/mol. The Bertz CT molecular complexity index is 629. The van der Waals surface area contributed by atoms with E-state index < -0.39 is 11.6 Å². The maximum atomic E-state index is 13.7. The largest absolute Gasteiger partial charge is 0.355 e. The Balaban J connectivity index is 1.86. The molecule has 0 aromatic heterocycles. The highest BCUT2D eigenvalue weighted by Crippen LogP contribution is 2.21. The average molecular weight is 313 g/mol. The number of benzene rings is 2. The van der Waals surface area contributed by atoms with Gasteiger partial charge >= 0.3 is 0 Å². The van der Waals surface area contributed by atoms with Crippen LogP contribution < -0.4 is 5.32 Å². The van der Waals surface area contributed by atoms with Crippen molar-refractivity contribution in [3.8, 4) is 11.1 Å². The van der Waals surface area contributed by atoms with Crippen LogP contribution in [0.2, 0.25) is 0 Å². The molecule has 0 aliphatic carbocycles. The minimum Gasteiger partial charge on any atom is -0.355 e. The molecule has 0 radical (unpaired) electrons. The van der Waals surface area contributed by atoms with Gasteiger partial charge in [-0.15, -0.1) is 0 Å². The Morgan fingerprint density at radius 1 is 1.04 bits per heavy atom. The van der Waals surface area contributed by atoms with Crippen LogP contribution in [0.25, 0.3) is 11.1 Å².